The van der Waals surface area contributed by atoms with Crippen LogP contribution < -0.4 is 20.9 Å². The van der Waals surface area contributed by atoms with E-state index in [0.29, 0.717) is 17.9 Å². The summed E-state index contributed by atoms with van der Waals surface area (Å²) in [6.07, 6.45) is 6.16. The second-order valence-corrected chi connectivity index (χ2v) is 8.83. The number of halogens is 1. The smallest absolute Gasteiger partial charge is 0.261 e. The molecule has 0 bridgehead atoms. The van der Waals surface area contributed by atoms with Crippen LogP contribution >= 0.6 is 28.1 Å². The van der Waals surface area contributed by atoms with E-state index < -0.39 is 5.91 Å². The number of carbonyl (C=O) groups is 2. The summed E-state index contributed by atoms with van der Waals surface area (Å²) in [6.45, 7) is 2.80. The van der Waals surface area contributed by atoms with E-state index in [1.165, 1.54) is 0 Å². The number of rotatable bonds is 9. The predicted octanol–water partition coefficient (Wildman–Crippen LogP) is 4.70. The second-order valence-electron chi connectivity index (χ2n) is 7.51. The highest BCUT2D eigenvalue weighted by Gasteiger charge is 2.15. The minimum Gasteiger partial charge on any atom is -0.493 e. The number of para-hydroxylation sites is 1. The van der Waals surface area contributed by atoms with Crippen LogP contribution in [0.1, 0.15) is 43.0 Å². The first-order chi connectivity index (χ1) is 16.0. The number of benzene rings is 2. The molecule has 0 aliphatic rings. The zero-order valence-corrected chi connectivity index (χ0v) is 20.8. The lowest BCUT2D eigenvalue weighted by atomic mass is 10.2. The Kier molecular flexibility index (Phi) is 9.26. The van der Waals surface area contributed by atoms with Gasteiger partial charge in [0.2, 0.25) is 0 Å². The van der Waals surface area contributed by atoms with Gasteiger partial charge in [-0.05, 0) is 54.4 Å². The largest absolute Gasteiger partial charge is 0.493 e. The number of hydrazine groups is 1. The van der Waals surface area contributed by atoms with Gasteiger partial charge in [0.1, 0.15) is 12.3 Å². The van der Waals surface area contributed by atoms with Crippen molar-refractivity contribution >= 4 is 56.0 Å². The molecule has 2 amide bonds. The van der Waals surface area contributed by atoms with Gasteiger partial charge in [0.05, 0.1) is 12.2 Å². The van der Waals surface area contributed by atoms with Crippen molar-refractivity contribution in [3.05, 3.63) is 64.8 Å². The normalized spacial score (nSPS) is 10.6. The first kappa shape index (κ1) is 24.7. The Bertz CT molecular complexity index is 1130. The first-order valence-electron chi connectivity index (χ1n) is 10.8. The lowest BCUT2D eigenvalue weighted by Crippen LogP contribution is -2.49. The van der Waals surface area contributed by atoms with E-state index in [0.717, 1.165) is 41.1 Å². The van der Waals surface area contributed by atoms with Crippen LogP contribution in [0.15, 0.2) is 59.2 Å². The third-order valence-electron chi connectivity index (χ3n) is 4.98. The van der Waals surface area contributed by atoms with Gasteiger partial charge < -0.3 is 9.30 Å². The molecule has 0 spiro atoms. The molecule has 1 aromatic heterocycles. The van der Waals surface area contributed by atoms with Crippen LogP contribution in [0, 0.1) is 0 Å². The van der Waals surface area contributed by atoms with E-state index >= 15 is 0 Å². The van der Waals surface area contributed by atoms with E-state index in [2.05, 4.69) is 39.0 Å². The fourth-order valence-corrected chi connectivity index (χ4v) is 3.82. The molecule has 0 aliphatic heterocycles. The minimum atomic E-state index is -0.428. The highest BCUT2D eigenvalue weighted by atomic mass is 79.9. The van der Waals surface area contributed by atoms with Gasteiger partial charge in [0, 0.05) is 16.2 Å². The lowest BCUT2D eigenvalue weighted by molar-refractivity contribution is -0.122. The maximum atomic E-state index is 12.8. The van der Waals surface area contributed by atoms with Crippen molar-refractivity contribution in [3.8, 4) is 5.75 Å². The van der Waals surface area contributed by atoms with Crippen molar-refractivity contribution in [3.63, 3.8) is 0 Å². The van der Waals surface area contributed by atoms with Gasteiger partial charge in [0.15, 0.2) is 5.11 Å². The van der Waals surface area contributed by atoms with Crippen LogP contribution in [0.4, 0.5) is 0 Å². The van der Waals surface area contributed by atoms with Crippen LogP contribution in [0.3, 0.4) is 0 Å². The molecule has 3 aromatic rings. The summed E-state index contributed by atoms with van der Waals surface area (Å²) in [5.74, 6) is -0.243. The van der Waals surface area contributed by atoms with Crippen molar-refractivity contribution in [2.45, 2.75) is 39.2 Å². The van der Waals surface area contributed by atoms with Crippen molar-refractivity contribution in [1.82, 2.24) is 20.7 Å². The Hall–Kier alpha value is -2.91. The number of carbonyl (C=O) groups excluding carboxylic acids is 2. The number of nitrogens with zero attached hydrogens (tertiary/aromatic N) is 1. The molecule has 0 atom stereocenters. The number of ether oxygens (including phenoxy) is 1. The zero-order chi connectivity index (χ0) is 23.6. The zero-order valence-electron chi connectivity index (χ0n) is 18.4. The van der Waals surface area contributed by atoms with Gasteiger partial charge in [0.25, 0.3) is 11.8 Å². The predicted molar refractivity (Wildman–Crippen MR) is 137 cm³/mol. The summed E-state index contributed by atoms with van der Waals surface area (Å²) in [5, 5.41) is 3.62. The molecule has 33 heavy (non-hydrogen) atoms. The Morgan fingerprint density at radius 3 is 2.70 bits per heavy atom. The standard InChI is InChI=1S/C24H27BrN4O3S/c1-2-3-4-7-14-32-21-11-10-18(25)15-19(21)23(31)26-24(33)28-27-22(30)16-29-13-12-17-8-5-6-9-20(17)29/h5-6,8-13,15H,2-4,7,14,16H2,1H3,(H,27,30)(H2,26,28,31,33). The molecule has 3 N–H and O–H groups in total. The van der Waals surface area contributed by atoms with Gasteiger partial charge >= 0.3 is 0 Å². The lowest BCUT2D eigenvalue weighted by Gasteiger charge is -2.14. The van der Waals surface area contributed by atoms with Crippen LogP contribution in [-0.2, 0) is 11.3 Å². The number of hydrogen-bond donors (Lipinski definition) is 3. The topological polar surface area (TPSA) is 84.4 Å². The summed E-state index contributed by atoms with van der Waals surface area (Å²) >= 11 is 8.55. The fraction of sp³-hybridized carbons (Fsp3) is 0.292. The first-order valence-corrected chi connectivity index (χ1v) is 12.0. The van der Waals surface area contributed by atoms with Gasteiger partial charge in [-0.25, -0.2) is 0 Å². The Labute approximate surface area is 207 Å². The van der Waals surface area contributed by atoms with Crippen molar-refractivity contribution in [1.29, 1.82) is 0 Å². The molecule has 0 fully saturated rings. The van der Waals surface area contributed by atoms with E-state index in [-0.39, 0.29) is 17.6 Å². The Morgan fingerprint density at radius 1 is 1.06 bits per heavy atom. The molecule has 2 aromatic carbocycles. The van der Waals surface area contributed by atoms with Crippen molar-refractivity contribution in [2.24, 2.45) is 0 Å². The SMILES string of the molecule is CCCCCCOc1ccc(Br)cc1C(=O)NC(=S)NNC(=O)Cn1ccc2ccccc21. The molecule has 9 heteroatoms. The van der Waals surface area contributed by atoms with Crippen molar-refractivity contribution < 1.29 is 14.3 Å². The third-order valence-corrected chi connectivity index (χ3v) is 5.68. The van der Waals surface area contributed by atoms with Gasteiger partial charge in [-0.15, -0.1) is 0 Å². The molecule has 3 rings (SSSR count). The van der Waals surface area contributed by atoms with Crippen LogP contribution in [-0.4, -0.2) is 28.1 Å². The Morgan fingerprint density at radius 2 is 1.88 bits per heavy atom. The average Bonchev–Trinajstić information content (AvgIpc) is 3.21. The van der Waals surface area contributed by atoms with Crippen molar-refractivity contribution in [2.75, 3.05) is 6.61 Å². The maximum Gasteiger partial charge on any atom is 0.261 e. The third kappa shape index (κ3) is 7.30. The average molecular weight is 531 g/mol. The van der Waals surface area contributed by atoms with E-state index in [4.69, 9.17) is 17.0 Å². The van der Waals surface area contributed by atoms with Crippen LogP contribution in [0.25, 0.3) is 10.9 Å². The van der Waals surface area contributed by atoms with Gasteiger partial charge in [-0.1, -0.05) is 60.3 Å². The number of fused-ring (bicyclic) bond motifs is 1. The van der Waals surface area contributed by atoms with Gasteiger partial charge in [-0.2, -0.15) is 0 Å². The summed E-state index contributed by atoms with van der Waals surface area (Å²) in [6, 6.07) is 15.0. The molecule has 0 saturated carbocycles. The monoisotopic (exact) mass is 530 g/mol. The fourth-order valence-electron chi connectivity index (χ4n) is 3.32. The molecular formula is C24H27BrN4O3S. The molecule has 174 valence electrons. The number of nitrogens with one attached hydrogen (secondary N) is 3. The van der Waals surface area contributed by atoms with Crippen LogP contribution in [0.5, 0.6) is 5.75 Å². The number of hydrogen-bond acceptors (Lipinski definition) is 4. The Balaban J connectivity index is 1.51. The van der Waals surface area contributed by atoms with Crippen LogP contribution in [0.2, 0.25) is 0 Å². The minimum absolute atomic E-state index is 0.0143. The summed E-state index contributed by atoms with van der Waals surface area (Å²) in [7, 11) is 0. The molecule has 7 nitrogen and oxygen atoms in total. The quantitative estimate of drug-likeness (QED) is 0.212. The number of unbranched alkanes of at least 4 members (excludes halogenated alkanes) is 3. The molecule has 0 unspecified atom stereocenters. The number of thiocarbonyl (C=S) groups is 1. The van der Waals surface area contributed by atoms with E-state index in [9.17, 15) is 9.59 Å². The van der Waals surface area contributed by atoms with E-state index in [1.807, 2.05) is 47.2 Å². The van der Waals surface area contributed by atoms with Gasteiger partial charge in [-0.3, -0.25) is 25.8 Å². The summed E-state index contributed by atoms with van der Waals surface area (Å²) in [4.78, 5) is 25.1. The maximum absolute atomic E-state index is 12.8. The highest BCUT2D eigenvalue weighted by molar-refractivity contribution is 9.10. The number of aromatic nitrogens is 1. The number of amides is 2. The molecule has 0 saturated heterocycles. The molecule has 0 aliphatic carbocycles. The molecule has 1 heterocycles. The highest BCUT2D eigenvalue weighted by Crippen LogP contribution is 2.23. The summed E-state index contributed by atoms with van der Waals surface area (Å²) < 4.78 is 8.40. The summed E-state index contributed by atoms with van der Waals surface area (Å²) in [5.41, 5.74) is 6.41. The molecular weight excluding hydrogens is 504 g/mol. The van der Waals surface area contributed by atoms with E-state index in [1.54, 1.807) is 12.1 Å². The molecule has 0 radical (unpaired) electrons. The second kappa shape index (κ2) is 12.4.